The second kappa shape index (κ2) is 6.69. The summed E-state index contributed by atoms with van der Waals surface area (Å²) in [6.07, 6.45) is 1.00. The quantitative estimate of drug-likeness (QED) is 0.783. The third-order valence-corrected chi connectivity index (χ3v) is 6.87. The van der Waals surface area contributed by atoms with Crippen LogP contribution in [0.4, 0.5) is 10.5 Å². The standard InChI is InChI=1S/C24H25N3O3/c1-15(2)27-22(29)24(21(28)25-23(27)30)13-17-10-6-7-11-19(17)26-14-18(12-20(24)26)16-8-4-3-5-9-16/h3-11,15,18,20H,12-14H2,1-2H3,(H,25,28,30)/t18-,20+,24+/m0/s1. The van der Waals surface area contributed by atoms with Gasteiger partial charge in [-0.1, -0.05) is 48.5 Å². The Balaban J connectivity index is 1.65. The first-order valence-corrected chi connectivity index (χ1v) is 10.5. The number of fused-ring (bicyclic) bond motifs is 4. The first kappa shape index (κ1) is 18.9. The zero-order chi connectivity index (χ0) is 21.0. The van der Waals surface area contributed by atoms with E-state index in [1.807, 2.05) is 36.4 Å². The summed E-state index contributed by atoms with van der Waals surface area (Å²) in [5, 5.41) is 2.50. The first-order chi connectivity index (χ1) is 14.4. The second-order valence-corrected chi connectivity index (χ2v) is 8.82. The smallest absolute Gasteiger partial charge is 0.331 e. The maximum Gasteiger partial charge on any atom is 0.331 e. The fourth-order valence-corrected chi connectivity index (χ4v) is 5.49. The molecule has 30 heavy (non-hydrogen) atoms. The van der Waals surface area contributed by atoms with Crippen LogP contribution in [0.25, 0.3) is 0 Å². The molecule has 3 heterocycles. The van der Waals surface area contributed by atoms with Crippen LogP contribution in [0.15, 0.2) is 54.6 Å². The molecule has 2 aromatic carbocycles. The van der Waals surface area contributed by atoms with E-state index in [9.17, 15) is 14.4 Å². The van der Waals surface area contributed by atoms with Crippen molar-refractivity contribution in [2.75, 3.05) is 11.4 Å². The molecule has 0 unspecified atom stereocenters. The van der Waals surface area contributed by atoms with E-state index in [0.29, 0.717) is 12.8 Å². The first-order valence-electron chi connectivity index (χ1n) is 10.5. The van der Waals surface area contributed by atoms with Gasteiger partial charge in [0.15, 0.2) is 5.41 Å². The van der Waals surface area contributed by atoms with E-state index >= 15 is 0 Å². The Morgan fingerprint density at radius 1 is 1.00 bits per heavy atom. The minimum absolute atomic E-state index is 0.213. The van der Waals surface area contributed by atoms with Crippen molar-refractivity contribution in [3.63, 3.8) is 0 Å². The number of carbonyl (C=O) groups excluding carboxylic acids is 3. The molecule has 0 radical (unpaired) electrons. The summed E-state index contributed by atoms with van der Waals surface area (Å²) in [7, 11) is 0. The molecule has 6 heteroatoms. The van der Waals surface area contributed by atoms with Crippen molar-refractivity contribution in [2.24, 2.45) is 5.41 Å². The van der Waals surface area contributed by atoms with Gasteiger partial charge >= 0.3 is 6.03 Å². The fraction of sp³-hybridized carbons (Fsp3) is 0.375. The number of urea groups is 1. The molecule has 0 bridgehead atoms. The third-order valence-electron chi connectivity index (χ3n) is 6.87. The van der Waals surface area contributed by atoms with Gasteiger partial charge in [0.1, 0.15) is 0 Å². The molecule has 0 aliphatic carbocycles. The molecule has 1 N–H and O–H groups in total. The molecule has 0 saturated carbocycles. The zero-order valence-electron chi connectivity index (χ0n) is 17.2. The molecule has 2 saturated heterocycles. The number of hydrogen-bond donors (Lipinski definition) is 1. The zero-order valence-corrected chi connectivity index (χ0v) is 17.2. The van der Waals surface area contributed by atoms with Gasteiger partial charge in [0, 0.05) is 24.2 Å². The lowest BCUT2D eigenvalue weighted by Crippen LogP contribution is -2.72. The fourth-order valence-electron chi connectivity index (χ4n) is 5.49. The van der Waals surface area contributed by atoms with Gasteiger partial charge < -0.3 is 4.90 Å². The van der Waals surface area contributed by atoms with Crippen molar-refractivity contribution < 1.29 is 14.4 Å². The molecule has 154 valence electrons. The maximum atomic E-state index is 13.8. The molecule has 5 rings (SSSR count). The SMILES string of the molecule is CC(C)N1C(=O)NC(=O)[C@]2(Cc3ccccc3N3C[C@@H](c4ccccc4)C[C@@H]32)C1=O. The molecule has 3 aliphatic rings. The lowest BCUT2D eigenvalue weighted by atomic mass is 9.68. The van der Waals surface area contributed by atoms with Gasteiger partial charge in [-0.05, 0) is 43.9 Å². The highest BCUT2D eigenvalue weighted by Crippen LogP contribution is 2.51. The van der Waals surface area contributed by atoms with Crippen molar-refractivity contribution in [1.82, 2.24) is 10.2 Å². The molecule has 2 fully saturated rings. The van der Waals surface area contributed by atoms with E-state index in [-0.39, 0.29) is 23.9 Å². The minimum atomic E-state index is -1.30. The van der Waals surface area contributed by atoms with Crippen molar-refractivity contribution in [3.8, 4) is 0 Å². The Morgan fingerprint density at radius 3 is 2.43 bits per heavy atom. The summed E-state index contributed by atoms with van der Waals surface area (Å²) < 4.78 is 0. The molecule has 6 nitrogen and oxygen atoms in total. The number of benzene rings is 2. The van der Waals surface area contributed by atoms with Crippen LogP contribution in [0.3, 0.4) is 0 Å². The third kappa shape index (κ3) is 2.52. The maximum absolute atomic E-state index is 13.8. The Bertz CT molecular complexity index is 1040. The highest BCUT2D eigenvalue weighted by atomic mass is 16.2. The van der Waals surface area contributed by atoms with E-state index in [1.54, 1.807) is 13.8 Å². The monoisotopic (exact) mass is 403 g/mol. The van der Waals surface area contributed by atoms with Crippen LogP contribution < -0.4 is 10.2 Å². The topological polar surface area (TPSA) is 69.7 Å². The summed E-state index contributed by atoms with van der Waals surface area (Å²) in [4.78, 5) is 43.0. The summed E-state index contributed by atoms with van der Waals surface area (Å²) in [5.74, 6) is -0.623. The average molecular weight is 403 g/mol. The number of hydrogen-bond acceptors (Lipinski definition) is 4. The Labute approximate surface area is 175 Å². The molecule has 3 aliphatic heterocycles. The van der Waals surface area contributed by atoms with Crippen LogP contribution in [-0.2, 0) is 16.0 Å². The van der Waals surface area contributed by atoms with Crippen molar-refractivity contribution in [1.29, 1.82) is 0 Å². The Kier molecular flexibility index (Phi) is 4.20. The number of nitrogens with one attached hydrogen (secondary N) is 1. The van der Waals surface area contributed by atoms with Gasteiger partial charge in [-0.25, -0.2) is 4.79 Å². The van der Waals surface area contributed by atoms with Crippen molar-refractivity contribution in [2.45, 2.75) is 44.7 Å². The van der Waals surface area contributed by atoms with Crippen molar-refractivity contribution in [3.05, 3.63) is 65.7 Å². The number of carbonyl (C=O) groups is 3. The van der Waals surface area contributed by atoms with E-state index in [0.717, 1.165) is 17.8 Å². The normalized spacial score (nSPS) is 28.0. The van der Waals surface area contributed by atoms with Crippen molar-refractivity contribution >= 4 is 23.5 Å². The van der Waals surface area contributed by atoms with E-state index in [2.05, 4.69) is 28.4 Å². The van der Waals surface area contributed by atoms with Gasteiger partial charge in [-0.2, -0.15) is 0 Å². The number of amides is 4. The number of nitrogens with zero attached hydrogens (tertiary/aromatic N) is 2. The second-order valence-electron chi connectivity index (χ2n) is 8.82. The molecule has 1 spiro atoms. The largest absolute Gasteiger partial charge is 0.366 e. The van der Waals surface area contributed by atoms with Gasteiger partial charge in [0.25, 0.3) is 0 Å². The minimum Gasteiger partial charge on any atom is -0.366 e. The highest BCUT2D eigenvalue weighted by Gasteiger charge is 2.64. The summed E-state index contributed by atoms with van der Waals surface area (Å²) >= 11 is 0. The molecule has 4 amide bonds. The number of rotatable bonds is 2. The Hall–Kier alpha value is -3.15. The number of anilines is 1. The molecule has 2 aromatic rings. The predicted octanol–water partition coefficient (Wildman–Crippen LogP) is 3.08. The average Bonchev–Trinajstić information content (AvgIpc) is 3.18. The van der Waals surface area contributed by atoms with E-state index < -0.39 is 17.4 Å². The van der Waals surface area contributed by atoms with Crippen LogP contribution in [0.1, 0.15) is 37.3 Å². The summed E-state index contributed by atoms with van der Waals surface area (Å²) in [6, 6.07) is 17.0. The highest BCUT2D eigenvalue weighted by molar-refractivity contribution is 6.20. The summed E-state index contributed by atoms with van der Waals surface area (Å²) in [5.41, 5.74) is 1.97. The summed E-state index contributed by atoms with van der Waals surface area (Å²) in [6.45, 7) is 4.34. The van der Waals surface area contributed by atoms with Gasteiger partial charge in [0.05, 0.1) is 6.04 Å². The van der Waals surface area contributed by atoms with Crippen LogP contribution in [-0.4, -0.2) is 41.4 Å². The number of para-hydroxylation sites is 1. The van der Waals surface area contributed by atoms with Gasteiger partial charge in [-0.15, -0.1) is 0 Å². The van der Waals surface area contributed by atoms with Gasteiger partial charge in [0.2, 0.25) is 11.8 Å². The lowest BCUT2D eigenvalue weighted by Gasteiger charge is -2.50. The number of barbiturate groups is 1. The molecular formula is C24H25N3O3. The Morgan fingerprint density at radius 2 is 1.70 bits per heavy atom. The molecule has 3 atom stereocenters. The van der Waals surface area contributed by atoms with Crippen LogP contribution in [0, 0.1) is 5.41 Å². The lowest BCUT2D eigenvalue weighted by molar-refractivity contribution is -0.154. The predicted molar refractivity (Wildman–Crippen MR) is 113 cm³/mol. The van der Waals surface area contributed by atoms with Crippen LogP contribution in [0.2, 0.25) is 0 Å². The van der Waals surface area contributed by atoms with Crippen LogP contribution >= 0.6 is 0 Å². The molecule has 0 aromatic heterocycles. The van der Waals surface area contributed by atoms with E-state index in [4.69, 9.17) is 0 Å². The van der Waals surface area contributed by atoms with E-state index in [1.165, 1.54) is 10.5 Å². The molecular weight excluding hydrogens is 378 g/mol. The van der Waals surface area contributed by atoms with Crippen LogP contribution in [0.5, 0.6) is 0 Å². The van der Waals surface area contributed by atoms with Gasteiger partial charge in [-0.3, -0.25) is 19.8 Å². The number of imide groups is 2.